The van der Waals surface area contributed by atoms with Gasteiger partial charge in [-0.2, -0.15) is 5.10 Å². The Kier molecular flexibility index (Phi) is 6.23. The van der Waals surface area contributed by atoms with E-state index in [-0.39, 0.29) is 17.6 Å². The summed E-state index contributed by atoms with van der Waals surface area (Å²) >= 11 is 0. The molecule has 9 nitrogen and oxygen atoms in total. The predicted octanol–water partition coefficient (Wildman–Crippen LogP) is 1.25. The molecule has 1 amide bonds. The molecule has 0 unspecified atom stereocenters. The highest BCUT2D eigenvalue weighted by molar-refractivity contribution is 7.93. The first-order valence-corrected chi connectivity index (χ1v) is 11.1. The number of carbonyl (C=O) groups is 1. The van der Waals surface area contributed by atoms with Crippen LogP contribution >= 0.6 is 0 Å². The molecule has 2 aromatic rings. The van der Waals surface area contributed by atoms with Gasteiger partial charge in [0.2, 0.25) is 5.91 Å². The van der Waals surface area contributed by atoms with Gasteiger partial charge in [0.15, 0.2) is 21.3 Å². The number of hydrogen-bond acceptors (Lipinski definition) is 6. The molecular weight excluding hydrogens is 396 g/mol. The molecule has 0 spiro atoms. The minimum absolute atomic E-state index is 0.0112. The van der Waals surface area contributed by atoms with E-state index in [0.717, 1.165) is 0 Å². The fourth-order valence-electron chi connectivity index (χ4n) is 3.13. The number of carbonyl (C=O) groups excluding carboxylic acids is 1. The molecule has 158 valence electrons. The Hall–Kier alpha value is -2.46. The zero-order chi connectivity index (χ0) is 21.1. The van der Waals surface area contributed by atoms with Gasteiger partial charge in [-0.25, -0.2) is 8.42 Å². The molecule has 1 aromatic heterocycles. The molecular formula is C19H27N4O5S+. The Bertz CT molecular complexity index is 964. The lowest BCUT2D eigenvalue weighted by Crippen LogP contribution is -2.47. The lowest BCUT2D eigenvalue weighted by molar-refractivity contribution is -0.656. The number of rotatable bonds is 7. The Morgan fingerprint density at radius 3 is 2.72 bits per heavy atom. The van der Waals surface area contributed by atoms with Crippen molar-refractivity contribution in [3.05, 3.63) is 30.6 Å². The van der Waals surface area contributed by atoms with Crippen molar-refractivity contribution in [1.29, 1.82) is 0 Å². The van der Waals surface area contributed by atoms with E-state index in [4.69, 9.17) is 9.47 Å². The van der Waals surface area contributed by atoms with Crippen LogP contribution in [0.5, 0.6) is 5.75 Å². The molecule has 10 heteroatoms. The van der Waals surface area contributed by atoms with Crippen molar-refractivity contribution in [3.63, 3.8) is 0 Å². The summed E-state index contributed by atoms with van der Waals surface area (Å²) in [4.78, 5) is 16.9. The summed E-state index contributed by atoms with van der Waals surface area (Å²) in [5, 5.41) is 5.50. The summed E-state index contributed by atoms with van der Waals surface area (Å²) in [7, 11) is -2.11. The van der Waals surface area contributed by atoms with Gasteiger partial charge in [0.1, 0.15) is 4.75 Å². The SMILES string of the molecule is COc1ccccc1-[n+]1cnc(NC(=O)C(C)(C)S(=O)(=O)CC2CCOCC2)[nH]1. The van der Waals surface area contributed by atoms with Crippen molar-refractivity contribution < 1.29 is 27.4 Å². The van der Waals surface area contributed by atoms with E-state index in [9.17, 15) is 13.2 Å². The van der Waals surface area contributed by atoms with Crippen molar-refractivity contribution in [2.45, 2.75) is 31.4 Å². The van der Waals surface area contributed by atoms with Crippen molar-refractivity contribution in [2.24, 2.45) is 5.92 Å². The normalized spacial score (nSPS) is 15.8. The van der Waals surface area contributed by atoms with Crippen LogP contribution in [-0.4, -0.2) is 55.2 Å². The van der Waals surface area contributed by atoms with Gasteiger partial charge in [0.05, 0.1) is 12.9 Å². The number of benzene rings is 1. The molecule has 3 rings (SSSR count). The first kappa shape index (κ1) is 21.3. The molecule has 1 saturated heterocycles. The molecule has 0 bridgehead atoms. The molecule has 2 N–H and O–H groups in total. The van der Waals surface area contributed by atoms with Crippen LogP contribution in [0.15, 0.2) is 30.6 Å². The lowest BCUT2D eigenvalue weighted by atomic mass is 10.0. The Balaban J connectivity index is 1.73. The number of amides is 1. The molecule has 1 aliphatic rings. The van der Waals surface area contributed by atoms with Crippen LogP contribution in [0, 0.1) is 5.92 Å². The van der Waals surface area contributed by atoms with E-state index in [1.807, 2.05) is 18.2 Å². The molecule has 1 fully saturated rings. The van der Waals surface area contributed by atoms with Crippen LogP contribution in [-0.2, 0) is 19.4 Å². The van der Waals surface area contributed by atoms with Gasteiger partial charge in [-0.05, 0) is 49.7 Å². The van der Waals surface area contributed by atoms with Crippen LogP contribution in [0.1, 0.15) is 26.7 Å². The average molecular weight is 424 g/mol. The van der Waals surface area contributed by atoms with Gasteiger partial charge >= 0.3 is 12.3 Å². The maximum atomic E-state index is 12.9. The van der Waals surface area contributed by atoms with E-state index in [0.29, 0.717) is 37.5 Å². The molecule has 0 radical (unpaired) electrons. The molecule has 1 aromatic carbocycles. The number of hydrogen-bond donors (Lipinski definition) is 2. The van der Waals surface area contributed by atoms with E-state index < -0.39 is 20.5 Å². The van der Waals surface area contributed by atoms with Gasteiger partial charge in [-0.3, -0.25) is 10.1 Å². The maximum Gasteiger partial charge on any atom is 0.354 e. The number of anilines is 1. The van der Waals surface area contributed by atoms with Crippen LogP contribution in [0.2, 0.25) is 0 Å². The highest BCUT2D eigenvalue weighted by Crippen LogP contribution is 2.25. The topological polar surface area (TPSA) is 114 Å². The van der Waals surface area contributed by atoms with Gasteiger partial charge in [0.25, 0.3) is 0 Å². The third kappa shape index (κ3) is 4.59. The van der Waals surface area contributed by atoms with Crippen molar-refractivity contribution in [2.75, 3.05) is 31.4 Å². The highest BCUT2D eigenvalue weighted by atomic mass is 32.2. The first-order chi connectivity index (χ1) is 13.7. The van der Waals surface area contributed by atoms with Gasteiger partial charge in [-0.1, -0.05) is 12.1 Å². The first-order valence-electron chi connectivity index (χ1n) is 9.46. The minimum atomic E-state index is -3.67. The predicted molar refractivity (Wildman–Crippen MR) is 107 cm³/mol. The summed E-state index contributed by atoms with van der Waals surface area (Å²) in [6.45, 7) is 3.97. The number of aromatic nitrogens is 3. The summed E-state index contributed by atoms with van der Waals surface area (Å²) in [6.07, 6.45) is 2.86. The Morgan fingerprint density at radius 1 is 1.34 bits per heavy atom. The summed E-state index contributed by atoms with van der Waals surface area (Å²) in [5.74, 6) is 0.118. The average Bonchev–Trinajstić information content (AvgIpc) is 3.16. The van der Waals surface area contributed by atoms with E-state index >= 15 is 0 Å². The smallest absolute Gasteiger partial charge is 0.354 e. The van der Waals surface area contributed by atoms with Crippen LogP contribution in [0.4, 0.5) is 5.95 Å². The van der Waals surface area contributed by atoms with Gasteiger partial charge in [-0.15, -0.1) is 4.68 Å². The Morgan fingerprint density at radius 2 is 2.03 bits per heavy atom. The minimum Gasteiger partial charge on any atom is -0.492 e. The third-order valence-corrected chi connectivity index (χ3v) is 7.88. The fraction of sp³-hybridized carbons (Fsp3) is 0.526. The number of para-hydroxylation sites is 2. The molecule has 29 heavy (non-hydrogen) atoms. The molecule has 0 aliphatic carbocycles. The van der Waals surface area contributed by atoms with E-state index in [2.05, 4.69) is 15.4 Å². The van der Waals surface area contributed by atoms with Crippen LogP contribution in [0.25, 0.3) is 5.69 Å². The van der Waals surface area contributed by atoms with Gasteiger partial charge < -0.3 is 9.47 Å². The zero-order valence-electron chi connectivity index (χ0n) is 16.8. The second kappa shape index (κ2) is 8.50. The van der Waals surface area contributed by atoms with Crippen LogP contribution in [0.3, 0.4) is 0 Å². The zero-order valence-corrected chi connectivity index (χ0v) is 17.7. The van der Waals surface area contributed by atoms with Crippen molar-refractivity contribution in [1.82, 2.24) is 10.1 Å². The molecule has 0 atom stereocenters. The maximum absolute atomic E-state index is 12.9. The summed E-state index contributed by atoms with van der Waals surface area (Å²) in [6, 6.07) is 7.31. The largest absolute Gasteiger partial charge is 0.492 e. The lowest BCUT2D eigenvalue weighted by Gasteiger charge is -2.27. The van der Waals surface area contributed by atoms with E-state index in [1.54, 1.807) is 17.9 Å². The van der Waals surface area contributed by atoms with Crippen molar-refractivity contribution >= 4 is 21.7 Å². The highest BCUT2D eigenvalue weighted by Gasteiger charge is 2.43. The number of nitrogens with zero attached hydrogens (tertiary/aromatic N) is 2. The molecule has 0 saturated carbocycles. The summed E-state index contributed by atoms with van der Waals surface area (Å²) in [5.41, 5.74) is 0.703. The monoisotopic (exact) mass is 423 g/mol. The third-order valence-electron chi connectivity index (χ3n) is 5.23. The van der Waals surface area contributed by atoms with Crippen molar-refractivity contribution in [3.8, 4) is 11.4 Å². The number of sulfone groups is 1. The van der Waals surface area contributed by atoms with Crippen LogP contribution < -0.4 is 14.7 Å². The number of ether oxygens (including phenoxy) is 2. The number of methoxy groups -OCH3 is 1. The quantitative estimate of drug-likeness (QED) is 0.648. The fourth-order valence-corrected chi connectivity index (χ4v) is 4.83. The standard InChI is InChI=1S/C19H26N4O5S/c1-19(2,29(25,26)12-14-8-10-28-11-9-14)17(24)21-18-20-13-23(22-18)15-6-4-5-7-16(15)27-3/h4-7,13-14H,8-12H2,1-3H3,(H,21,22,24)/p+1. The second-order valence-corrected chi connectivity index (χ2v) is 10.1. The molecule has 1 aliphatic heterocycles. The number of H-pyrrole nitrogens is 1. The summed E-state index contributed by atoms with van der Waals surface area (Å²) < 4.78 is 36.4. The second-order valence-electron chi connectivity index (χ2n) is 7.55. The number of aromatic amines is 1. The Labute approximate surface area is 170 Å². The van der Waals surface area contributed by atoms with Gasteiger partial charge in [0, 0.05) is 13.2 Å². The molecule has 2 heterocycles. The van der Waals surface area contributed by atoms with E-state index in [1.165, 1.54) is 20.2 Å². The number of nitrogens with one attached hydrogen (secondary N) is 2.